The molecule has 0 atom stereocenters. The molecule has 5 nitrogen and oxygen atoms in total. The molecular weight excluding hydrogens is 226 g/mol. The van der Waals surface area contributed by atoms with Crippen molar-refractivity contribution in [3.63, 3.8) is 0 Å². The number of nitrogens with zero attached hydrogens (tertiary/aromatic N) is 4. The van der Waals surface area contributed by atoms with Crippen molar-refractivity contribution in [1.29, 1.82) is 0 Å². The van der Waals surface area contributed by atoms with Crippen LogP contribution in [0.2, 0.25) is 0 Å². The van der Waals surface area contributed by atoms with Gasteiger partial charge in [-0.1, -0.05) is 24.3 Å². The number of rotatable bonds is 2. The predicted molar refractivity (Wildman–Crippen MR) is 70.8 cm³/mol. The average molecular weight is 239 g/mol. The molecule has 0 saturated heterocycles. The first-order valence-corrected chi connectivity index (χ1v) is 5.73. The molecule has 1 N–H and O–H groups in total. The van der Waals surface area contributed by atoms with Crippen LogP contribution in [0.25, 0.3) is 10.8 Å². The smallest absolute Gasteiger partial charge is 0.162 e. The Labute approximate surface area is 104 Å². The molecule has 0 aliphatic heterocycles. The summed E-state index contributed by atoms with van der Waals surface area (Å²) in [4.78, 5) is 0. The molecule has 0 bridgehead atoms. The third-order valence-corrected chi connectivity index (χ3v) is 2.83. The molecule has 18 heavy (non-hydrogen) atoms. The fourth-order valence-corrected chi connectivity index (χ4v) is 1.93. The Kier molecular flexibility index (Phi) is 2.44. The summed E-state index contributed by atoms with van der Waals surface area (Å²) < 4.78 is 1.74. The normalized spacial score (nSPS) is 10.8. The highest BCUT2D eigenvalue weighted by Crippen LogP contribution is 2.24. The maximum absolute atomic E-state index is 4.27. The molecule has 2 heterocycles. The molecule has 0 radical (unpaired) electrons. The van der Waals surface area contributed by atoms with Gasteiger partial charge in [0.15, 0.2) is 11.6 Å². The Balaban J connectivity index is 2.09. The van der Waals surface area contributed by atoms with Crippen molar-refractivity contribution < 1.29 is 0 Å². The molecule has 2 aromatic heterocycles. The van der Waals surface area contributed by atoms with E-state index in [4.69, 9.17) is 0 Å². The first-order valence-electron chi connectivity index (χ1n) is 5.73. The lowest BCUT2D eigenvalue weighted by molar-refractivity contribution is 0.771. The van der Waals surface area contributed by atoms with Gasteiger partial charge in [0.05, 0.1) is 5.69 Å². The van der Waals surface area contributed by atoms with E-state index in [1.165, 1.54) is 0 Å². The minimum Gasteiger partial charge on any atom is -0.321 e. The number of fused-ring (bicyclic) bond motifs is 1. The van der Waals surface area contributed by atoms with Crippen LogP contribution in [0, 0.1) is 6.92 Å². The van der Waals surface area contributed by atoms with Gasteiger partial charge in [-0.2, -0.15) is 10.2 Å². The number of nitrogens with one attached hydrogen (secondary N) is 1. The second-order valence-corrected chi connectivity index (χ2v) is 4.18. The quantitative estimate of drug-likeness (QED) is 0.746. The number of aryl methyl sites for hydroxylation is 2. The van der Waals surface area contributed by atoms with Crippen molar-refractivity contribution in [2.24, 2.45) is 7.05 Å². The zero-order valence-corrected chi connectivity index (χ0v) is 10.3. The third-order valence-electron chi connectivity index (χ3n) is 2.83. The number of anilines is 2. The van der Waals surface area contributed by atoms with E-state index in [0.717, 1.165) is 28.1 Å². The summed E-state index contributed by atoms with van der Waals surface area (Å²) in [5, 5.41) is 18.0. The summed E-state index contributed by atoms with van der Waals surface area (Å²) in [5.74, 6) is 1.50. The Hall–Kier alpha value is -2.43. The van der Waals surface area contributed by atoms with Crippen LogP contribution < -0.4 is 5.32 Å². The standard InChI is InChI=1S/C13H13N5/c1-9-10-5-3-4-6-11(10)13(16-15-9)14-12-7-8-18(2)17-12/h3-8H,1-2H3,(H,14,16,17). The highest BCUT2D eigenvalue weighted by Gasteiger charge is 2.07. The molecule has 3 rings (SSSR count). The van der Waals surface area contributed by atoms with E-state index in [2.05, 4.69) is 20.6 Å². The molecule has 0 unspecified atom stereocenters. The number of benzene rings is 1. The van der Waals surface area contributed by atoms with Crippen molar-refractivity contribution in [1.82, 2.24) is 20.0 Å². The summed E-state index contributed by atoms with van der Waals surface area (Å²) in [6.07, 6.45) is 1.88. The van der Waals surface area contributed by atoms with Gasteiger partial charge < -0.3 is 5.32 Å². The van der Waals surface area contributed by atoms with Gasteiger partial charge in [-0.25, -0.2) is 0 Å². The summed E-state index contributed by atoms with van der Waals surface area (Å²) in [7, 11) is 1.88. The lowest BCUT2D eigenvalue weighted by atomic mass is 10.1. The largest absolute Gasteiger partial charge is 0.321 e. The van der Waals surface area contributed by atoms with Gasteiger partial charge in [-0.05, 0) is 6.92 Å². The molecule has 5 heteroatoms. The van der Waals surface area contributed by atoms with Crippen molar-refractivity contribution in [3.05, 3.63) is 42.2 Å². The average Bonchev–Trinajstić information content (AvgIpc) is 2.79. The summed E-state index contributed by atoms with van der Waals surface area (Å²) in [6, 6.07) is 9.97. The molecule has 0 aliphatic rings. The highest BCUT2D eigenvalue weighted by atomic mass is 15.3. The Bertz CT molecular complexity index is 701. The van der Waals surface area contributed by atoms with E-state index in [0.29, 0.717) is 0 Å². The predicted octanol–water partition coefficient (Wildman–Crippen LogP) is 2.42. The summed E-state index contributed by atoms with van der Waals surface area (Å²) in [6.45, 7) is 1.96. The van der Waals surface area contributed by atoms with Crippen molar-refractivity contribution in [2.75, 3.05) is 5.32 Å². The second kappa shape index (κ2) is 4.10. The fraction of sp³-hybridized carbons (Fsp3) is 0.154. The molecule has 0 aliphatic carbocycles. The van der Waals surface area contributed by atoms with Gasteiger partial charge in [0.2, 0.25) is 0 Å². The Morgan fingerprint density at radius 2 is 1.83 bits per heavy atom. The molecule has 0 saturated carbocycles. The number of hydrogen-bond acceptors (Lipinski definition) is 4. The lowest BCUT2D eigenvalue weighted by Crippen LogP contribution is -2.00. The topological polar surface area (TPSA) is 55.6 Å². The van der Waals surface area contributed by atoms with Crippen LogP contribution in [0.3, 0.4) is 0 Å². The van der Waals surface area contributed by atoms with Crippen LogP contribution in [-0.4, -0.2) is 20.0 Å². The monoisotopic (exact) mass is 239 g/mol. The van der Waals surface area contributed by atoms with Crippen molar-refractivity contribution >= 4 is 22.4 Å². The maximum atomic E-state index is 4.27. The van der Waals surface area contributed by atoms with Gasteiger partial charge >= 0.3 is 0 Å². The van der Waals surface area contributed by atoms with E-state index in [1.54, 1.807) is 4.68 Å². The van der Waals surface area contributed by atoms with E-state index in [-0.39, 0.29) is 0 Å². The van der Waals surface area contributed by atoms with Crippen LogP contribution in [0.5, 0.6) is 0 Å². The first-order chi connectivity index (χ1) is 8.74. The van der Waals surface area contributed by atoms with Crippen molar-refractivity contribution in [3.8, 4) is 0 Å². The van der Waals surface area contributed by atoms with Crippen LogP contribution >= 0.6 is 0 Å². The number of aromatic nitrogens is 4. The van der Waals surface area contributed by atoms with Gasteiger partial charge in [-0.3, -0.25) is 4.68 Å². The second-order valence-electron chi connectivity index (χ2n) is 4.18. The number of hydrogen-bond donors (Lipinski definition) is 1. The molecule has 0 spiro atoms. The Morgan fingerprint density at radius 1 is 1.06 bits per heavy atom. The van der Waals surface area contributed by atoms with Gasteiger partial charge in [-0.15, -0.1) is 5.10 Å². The van der Waals surface area contributed by atoms with Crippen LogP contribution in [0.1, 0.15) is 5.69 Å². The Morgan fingerprint density at radius 3 is 2.56 bits per heavy atom. The van der Waals surface area contributed by atoms with Crippen LogP contribution in [0.4, 0.5) is 11.6 Å². The van der Waals surface area contributed by atoms with Gasteiger partial charge in [0.1, 0.15) is 0 Å². The van der Waals surface area contributed by atoms with Gasteiger partial charge in [0, 0.05) is 30.1 Å². The minimum atomic E-state index is 0.731. The molecular formula is C13H13N5. The first kappa shape index (κ1) is 10.7. The van der Waals surface area contributed by atoms with E-state index < -0.39 is 0 Å². The minimum absolute atomic E-state index is 0.731. The SMILES string of the molecule is Cc1nnc(Nc2ccn(C)n2)c2ccccc12. The van der Waals surface area contributed by atoms with E-state index >= 15 is 0 Å². The summed E-state index contributed by atoms with van der Waals surface area (Å²) >= 11 is 0. The van der Waals surface area contributed by atoms with Crippen molar-refractivity contribution in [2.45, 2.75) is 6.92 Å². The van der Waals surface area contributed by atoms with E-state index in [9.17, 15) is 0 Å². The van der Waals surface area contributed by atoms with Crippen LogP contribution in [0.15, 0.2) is 36.5 Å². The summed E-state index contributed by atoms with van der Waals surface area (Å²) in [5.41, 5.74) is 0.928. The lowest BCUT2D eigenvalue weighted by Gasteiger charge is -2.07. The fourth-order valence-electron chi connectivity index (χ4n) is 1.93. The van der Waals surface area contributed by atoms with E-state index in [1.807, 2.05) is 50.5 Å². The highest BCUT2D eigenvalue weighted by molar-refractivity contribution is 5.93. The molecule has 0 amide bonds. The molecule has 1 aromatic carbocycles. The van der Waals surface area contributed by atoms with Gasteiger partial charge in [0.25, 0.3) is 0 Å². The molecule has 3 aromatic rings. The maximum Gasteiger partial charge on any atom is 0.162 e. The molecule has 0 fully saturated rings. The zero-order chi connectivity index (χ0) is 12.5. The third kappa shape index (κ3) is 1.79. The van der Waals surface area contributed by atoms with Crippen LogP contribution in [-0.2, 0) is 7.05 Å². The zero-order valence-electron chi connectivity index (χ0n) is 10.3. The molecule has 90 valence electrons.